The van der Waals surface area contributed by atoms with Crippen molar-refractivity contribution in [2.45, 2.75) is 39.2 Å². The van der Waals surface area contributed by atoms with Crippen LogP contribution in [0.25, 0.3) is 0 Å². The number of nitrogens with one attached hydrogen (secondary N) is 3. The van der Waals surface area contributed by atoms with Gasteiger partial charge in [0.25, 0.3) is 11.8 Å². The molecule has 4 N–H and O–H groups in total. The van der Waals surface area contributed by atoms with Gasteiger partial charge in [-0.2, -0.15) is 0 Å². The Hall–Kier alpha value is -3.34. The summed E-state index contributed by atoms with van der Waals surface area (Å²) in [6, 6.07) is 11.6. The first-order valence-electron chi connectivity index (χ1n) is 14.3. The van der Waals surface area contributed by atoms with E-state index < -0.39 is 69.8 Å². The van der Waals surface area contributed by atoms with Gasteiger partial charge in [-0.3, -0.25) is 34.1 Å². The van der Waals surface area contributed by atoms with Crippen molar-refractivity contribution in [1.82, 2.24) is 21.0 Å². The number of fused-ring (bicyclic) bond motifs is 1. The quantitative estimate of drug-likeness (QED) is 0.0381. The first-order chi connectivity index (χ1) is 21.2. The second-order valence-corrected chi connectivity index (χ2v) is 12.6. The van der Waals surface area contributed by atoms with Crippen molar-refractivity contribution in [2.24, 2.45) is 17.8 Å². The van der Waals surface area contributed by atoms with Crippen LogP contribution >= 0.6 is 0 Å². The van der Waals surface area contributed by atoms with Gasteiger partial charge in [0.05, 0.1) is 39.7 Å². The SMILES string of the molecule is CNC(=O)[C@H](Cc1ccc(OCCCS(=O)(=O)[O-])cc1)NC(=O)[C@H](CC(C)C)C(CN1C(=O)c2ccccc2C1=O)C(=O)NO.[Na+]. The van der Waals surface area contributed by atoms with E-state index in [0.29, 0.717) is 11.3 Å². The zero-order valence-electron chi connectivity index (χ0n) is 26.1. The van der Waals surface area contributed by atoms with Crippen LogP contribution in [0, 0.1) is 17.8 Å². The first-order valence-corrected chi connectivity index (χ1v) is 15.9. The van der Waals surface area contributed by atoms with Crippen LogP contribution < -0.4 is 50.4 Å². The van der Waals surface area contributed by atoms with Gasteiger partial charge < -0.3 is 19.9 Å². The molecule has 0 saturated heterocycles. The molecule has 1 heterocycles. The summed E-state index contributed by atoms with van der Waals surface area (Å²) < 4.78 is 37.7. The molecule has 16 heteroatoms. The smallest absolute Gasteiger partial charge is 0.748 e. The van der Waals surface area contributed by atoms with Gasteiger partial charge in [-0.15, -0.1) is 0 Å². The van der Waals surface area contributed by atoms with Crippen LogP contribution in [0.5, 0.6) is 5.75 Å². The van der Waals surface area contributed by atoms with Crippen LogP contribution in [0.4, 0.5) is 0 Å². The number of carbonyl (C=O) groups is 5. The predicted molar refractivity (Wildman–Crippen MR) is 159 cm³/mol. The van der Waals surface area contributed by atoms with Crippen LogP contribution in [-0.2, 0) is 30.9 Å². The Morgan fingerprint density at radius 3 is 2.02 bits per heavy atom. The van der Waals surface area contributed by atoms with Crippen molar-refractivity contribution in [1.29, 1.82) is 0 Å². The van der Waals surface area contributed by atoms with E-state index in [1.54, 1.807) is 41.9 Å². The summed E-state index contributed by atoms with van der Waals surface area (Å²) in [7, 11) is -2.94. The fourth-order valence-corrected chi connectivity index (χ4v) is 5.56. The first kappa shape index (κ1) is 38.8. The Labute approximate surface area is 289 Å². The normalized spacial score (nSPS) is 14.5. The number of imide groups is 1. The van der Waals surface area contributed by atoms with Crippen molar-refractivity contribution in [2.75, 3.05) is 26.0 Å². The van der Waals surface area contributed by atoms with Crippen molar-refractivity contribution in [3.8, 4) is 5.75 Å². The molecule has 14 nitrogen and oxygen atoms in total. The number of likely N-dealkylation sites (N-methyl/N-ethyl adjacent to an activating group) is 1. The molecule has 0 bridgehead atoms. The fraction of sp³-hybridized carbons (Fsp3) is 0.433. The van der Waals surface area contributed by atoms with Gasteiger partial charge in [0, 0.05) is 25.8 Å². The molecule has 1 unspecified atom stereocenters. The summed E-state index contributed by atoms with van der Waals surface area (Å²) in [5.74, 6) is -6.16. The van der Waals surface area contributed by atoms with E-state index in [0.717, 1.165) is 4.90 Å². The Morgan fingerprint density at radius 2 is 1.52 bits per heavy atom. The van der Waals surface area contributed by atoms with Crippen molar-refractivity contribution in [3.63, 3.8) is 0 Å². The largest absolute Gasteiger partial charge is 1.00 e. The Morgan fingerprint density at radius 1 is 0.935 bits per heavy atom. The topological polar surface area (TPSA) is 211 Å². The van der Waals surface area contributed by atoms with E-state index in [-0.39, 0.29) is 72.5 Å². The number of ether oxygens (including phenoxy) is 1. The van der Waals surface area contributed by atoms with E-state index in [2.05, 4.69) is 10.6 Å². The Balaban J connectivity index is 0.00000736. The number of benzene rings is 2. The number of carbonyl (C=O) groups excluding carboxylic acids is 5. The second-order valence-electron chi connectivity index (χ2n) is 11.1. The maximum absolute atomic E-state index is 13.8. The maximum atomic E-state index is 13.8. The standard InChI is InChI=1S/C30H38N4O10S.Na/c1-18(2)15-23(24(27(36)33-40)17-34-29(38)21-7-4-5-8-22(21)30(34)39)26(35)32-25(28(37)31-3)16-19-9-11-20(12-10-19)44-13-6-14-45(41,42)43;/h4-5,7-12,18,23-25,40H,6,13-17H2,1-3H3,(H,31,37)(H,32,35)(H,33,36)(H,41,42,43);/q;+1/p-1/t23-,24?,25+;/m1./s1. The van der Waals surface area contributed by atoms with Gasteiger partial charge in [-0.05, 0) is 48.6 Å². The summed E-state index contributed by atoms with van der Waals surface area (Å²) in [5.41, 5.74) is 2.52. The summed E-state index contributed by atoms with van der Waals surface area (Å²) in [6.07, 6.45) is 0.204. The molecular formula is C30H37N4NaO10S. The van der Waals surface area contributed by atoms with E-state index in [9.17, 15) is 42.2 Å². The van der Waals surface area contributed by atoms with Gasteiger partial charge in [-0.25, -0.2) is 13.9 Å². The van der Waals surface area contributed by atoms with Crippen LogP contribution in [0.15, 0.2) is 48.5 Å². The van der Waals surface area contributed by atoms with Gasteiger partial charge in [0.2, 0.25) is 17.7 Å². The Kier molecular flexibility index (Phi) is 14.8. The number of rotatable bonds is 16. The minimum Gasteiger partial charge on any atom is -0.748 e. The molecule has 0 aliphatic carbocycles. The molecule has 0 aromatic heterocycles. The number of amides is 5. The van der Waals surface area contributed by atoms with Gasteiger partial charge >= 0.3 is 29.6 Å². The average Bonchev–Trinajstić information content (AvgIpc) is 3.24. The minimum absolute atomic E-state index is 0. The molecule has 2 aromatic carbocycles. The van der Waals surface area contributed by atoms with E-state index >= 15 is 0 Å². The zero-order chi connectivity index (χ0) is 33.3. The third kappa shape index (κ3) is 10.6. The number of nitrogens with zero attached hydrogens (tertiary/aromatic N) is 1. The van der Waals surface area contributed by atoms with Crippen LogP contribution in [0.3, 0.4) is 0 Å². The van der Waals surface area contributed by atoms with Crippen molar-refractivity contribution >= 4 is 39.7 Å². The second kappa shape index (κ2) is 17.5. The van der Waals surface area contributed by atoms with E-state index in [1.807, 2.05) is 13.8 Å². The molecule has 46 heavy (non-hydrogen) atoms. The molecule has 1 aliphatic heterocycles. The van der Waals surface area contributed by atoms with Gasteiger partial charge in [-0.1, -0.05) is 38.1 Å². The average molecular weight is 669 g/mol. The molecule has 5 amide bonds. The molecule has 244 valence electrons. The van der Waals surface area contributed by atoms with Crippen LogP contribution in [0.1, 0.15) is 53.0 Å². The molecule has 0 fully saturated rings. The van der Waals surface area contributed by atoms with Gasteiger partial charge in [0.1, 0.15) is 11.8 Å². The number of hydrogen-bond acceptors (Lipinski definition) is 10. The molecule has 1 aliphatic rings. The maximum Gasteiger partial charge on any atom is 1.00 e. The summed E-state index contributed by atoms with van der Waals surface area (Å²) in [5, 5.41) is 14.7. The molecule has 3 atom stereocenters. The van der Waals surface area contributed by atoms with E-state index in [4.69, 9.17) is 4.74 Å². The third-order valence-electron chi connectivity index (χ3n) is 7.30. The third-order valence-corrected chi connectivity index (χ3v) is 8.09. The molecule has 0 saturated carbocycles. The molecule has 3 rings (SSSR count). The van der Waals surface area contributed by atoms with Crippen molar-refractivity contribution < 1.29 is 76.4 Å². The monoisotopic (exact) mass is 668 g/mol. The molecule has 2 aromatic rings. The summed E-state index contributed by atoms with van der Waals surface area (Å²) >= 11 is 0. The predicted octanol–water partition coefficient (Wildman–Crippen LogP) is -2.14. The van der Waals surface area contributed by atoms with Gasteiger partial charge in [0.15, 0.2) is 0 Å². The minimum atomic E-state index is -4.34. The number of hydrogen-bond donors (Lipinski definition) is 4. The van der Waals surface area contributed by atoms with E-state index in [1.165, 1.54) is 19.2 Å². The number of hydroxylamine groups is 1. The summed E-state index contributed by atoms with van der Waals surface area (Å²) in [6.45, 7) is 3.17. The van der Waals surface area contributed by atoms with Crippen LogP contribution in [-0.4, -0.2) is 84.6 Å². The molecular weight excluding hydrogens is 631 g/mol. The molecule has 0 spiro atoms. The Bertz CT molecular complexity index is 1480. The van der Waals surface area contributed by atoms with Crippen molar-refractivity contribution in [3.05, 3.63) is 65.2 Å². The molecule has 0 radical (unpaired) electrons. The fourth-order valence-electron chi connectivity index (χ4n) is 5.08. The van der Waals surface area contributed by atoms with Crippen LogP contribution in [0.2, 0.25) is 0 Å². The zero-order valence-corrected chi connectivity index (χ0v) is 29.0. The summed E-state index contributed by atoms with van der Waals surface area (Å²) in [4.78, 5) is 66.5.